The molecule has 13 heavy (non-hydrogen) atoms. The van der Waals surface area contributed by atoms with Gasteiger partial charge in [-0.1, -0.05) is 0 Å². The van der Waals surface area contributed by atoms with E-state index in [1.165, 1.54) is 0 Å². The summed E-state index contributed by atoms with van der Waals surface area (Å²) in [6.07, 6.45) is 2.26. The van der Waals surface area contributed by atoms with Gasteiger partial charge in [-0.2, -0.15) is 0 Å². The Morgan fingerprint density at radius 2 is 2.15 bits per heavy atom. The highest BCUT2D eigenvalue weighted by atomic mass is 79.9. The van der Waals surface area contributed by atoms with Gasteiger partial charge in [0.05, 0.1) is 4.47 Å². The van der Waals surface area contributed by atoms with Gasteiger partial charge in [0.2, 0.25) is 0 Å². The second-order valence-electron chi connectivity index (χ2n) is 3.39. The Bertz CT molecular complexity index is 292. The minimum absolute atomic E-state index is 0.500. The lowest BCUT2D eigenvalue weighted by atomic mass is 9.96. The molecule has 0 saturated carbocycles. The molecule has 1 aliphatic heterocycles. The van der Waals surface area contributed by atoms with Gasteiger partial charge in [-0.25, -0.2) is 0 Å². The molecule has 0 spiro atoms. The molecule has 2 rings (SSSR count). The Morgan fingerprint density at radius 1 is 1.46 bits per heavy atom. The maximum atomic E-state index is 5.57. The predicted molar refractivity (Wildman–Crippen MR) is 55.7 cm³/mol. The van der Waals surface area contributed by atoms with Crippen molar-refractivity contribution >= 4 is 21.8 Å². The molecule has 3 N–H and O–H groups in total. The molecule has 0 aliphatic carbocycles. The molecule has 1 aromatic rings. The van der Waals surface area contributed by atoms with Crippen molar-refractivity contribution in [1.82, 2.24) is 5.32 Å². The Balaban J connectivity index is 2.18. The van der Waals surface area contributed by atoms with Crippen LogP contribution in [0.2, 0.25) is 0 Å². The summed E-state index contributed by atoms with van der Waals surface area (Å²) in [4.78, 5) is 0. The van der Waals surface area contributed by atoms with Gasteiger partial charge in [-0.15, -0.1) is 0 Å². The van der Waals surface area contributed by atoms with E-state index in [1.54, 1.807) is 0 Å². The molecule has 1 saturated heterocycles. The predicted octanol–water partition coefficient (Wildman–Crippen LogP) is 2.09. The number of furan rings is 1. The van der Waals surface area contributed by atoms with E-state index in [9.17, 15) is 0 Å². The second-order valence-corrected chi connectivity index (χ2v) is 4.24. The van der Waals surface area contributed by atoms with E-state index in [0.29, 0.717) is 11.8 Å². The maximum Gasteiger partial charge on any atom is 0.191 e. The van der Waals surface area contributed by atoms with Gasteiger partial charge < -0.3 is 15.5 Å². The number of nitrogen functional groups attached to an aromatic ring is 1. The van der Waals surface area contributed by atoms with Crippen LogP contribution in [0.5, 0.6) is 0 Å². The molecule has 1 fully saturated rings. The van der Waals surface area contributed by atoms with Crippen LogP contribution >= 0.6 is 15.9 Å². The van der Waals surface area contributed by atoms with Crippen molar-refractivity contribution in [1.29, 1.82) is 0 Å². The number of nitrogens with two attached hydrogens (primary N) is 1. The standard InChI is InChI=1S/C9H13BrN2O/c10-7-5-8(11)13-9(7)6-1-3-12-4-2-6/h5-6,12H,1-4,11H2. The van der Waals surface area contributed by atoms with Crippen LogP contribution < -0.4 is 11.1 Å². The smallest absolute Gasteiger partial charge is 0.191 e. The summed E-state index contributed by atoms with van der Waals surface area (Å²) in [5.41, 5.74) is 5.57. The van der Waals surface area contributed by atoms with Crippen LogP contribution in [0.15, 0.2) is 15.0 Å². The van der Waals surface area contributed by atoms with Gasteiger partial charge in [0.1, 0.15) is 5.76 Å². The van der Waals surface area contributed by atoms with Gasteiger partial charge >= 0.3 is 0 Å². The molecule has 3 nitrogen and oxygen atoms in total. The largest absolute Gasteiger partial charge is 0.444 e. The first kappa shape index (κ1) is 9.09. The first-order chi connectivity index (χ1) is 6.27. The van der Waals surface area contributed by atoms with Crippen LogP contribution in [0.25, 0.3) is 0 Å². The molecular formula is C9H13BrN2O. The maximum absolute atomic E-state index is 5.57. The third-order valence-electron chi connectivity index (χ3n) is 2.44. The Morgan fingerprint density at radius 3 is 2.69 bits per heavy atom. The van der Waals surface area contributed by atoms with Crippen LogP contribution in [0, 0.1) is 0 Å². The number of hydrogen-bond acceptors (Lipinski definition) is 3. The minimum Gasteiger partial charge on any atom is -0.444 e. The topological polar surface area (TPSA) is 51.2 Å². The second kappa shape index (κ2) is 3.72. The molecule has 0 radical (unpaired) electrons. The van der Waals surface area contributed by atoms with Gasteiger partial charge in [0.25, 0.3) is 0 Å². The highest BCUT2D eigenvalue weighted by Crippen LogP contribution is 2.34. The zero-order chi connectivity index (χ0) is 9.26. The monoisotopic (exact) mass is 244 g/mol. The van der Waals surface area contributed by atoms with Crippen molar-refractivity contribution < 1.29 is 4.42 Å². The fourth-order valence-corrected chi connectivity index (χ4v) is 2.39. The number of halogens is 1. The van der Waals surface area contributed by atoms with E-state index >= 15 is 0 Å². The van der Waals surface area contributed by atoms with E-state index < -0.39 is 0 Å². The zero-order valence-corrected chi connectivity index (χ0v) is 8.93. The highest BCUT2D eigenvalue weighted by molar-refractivity contribution is 9.10. The average Bonchev–Trinajstić information content (AvgIpc) is 2.47. The fraction of sp³-hybridized carbons (Fsp3) is 0.556. The summed E-state index contributed by atoms with van der Waals surface area (Å²) >= 11 is 3.46. The van der Waals surface area contributed by atoms with Crippen molar-refractivity contribution in [3.63, 3.8) is 0 Å². The van der Waals surface area contributed by atoms with E-state index in [2.05, 4.69) is 21.2 Å². The molecule has 0 aromatic carbocycles. The molecule has 4 heteroatoms. The van der Waals surface area contributed by atoms with Gasteiger partial charge in [0, 0.05) is 12.0 Å². The quantitative estimate of drug-likeness (QED) is 0.796. The summed E-state index contributed by atoms with van der Waals surface area (Å²) in [7, 11) is 0. The molecule has 2 heterocycles. The molecular weight excluding hydrogens is 232 g/mol. The Kier molecular flexibility index (Phi) is 2.60. The first-order valence-electron chi connectivity index (χ1n) is 4.53. The van der Waals surface area contributed by atoms with E-state index in [1.807, 2.05) is 6.07 Å². The summed E-state index contributed by atoms with van der Waals surface area (Å²) in [6, 6.07) is 1.83. The van der Waals surface area contributed by atoms with E-state index in [-0.39, 0.29) is 0 Å². The molecule has 0 unspecified atom stereocenters. The lowest BCUT2D eigenvalue weighted by Gasteiger charge is -2.20. The summed E-state index contributed by atoms with van der Waals surface area (Å²) in [6.45, 7) is 2.13. The molecule has 0 amide bonds. The third kappa shape index (κ3) is 1.89. The lowest BCUT2D eigenvalue weighted by molar-refractivity contribution is 0.390. The highest BCUT2D eigenvalue weighted by Gasteiger charge is 2.21. The number of anilines is 1. The Labute approximate surface area is 85.8 Å². The van der Waals surface area contributed by atoms with Crippen LogP contribution in [-0.2, 0) is 0 Å². The van der Waals surface area contributed by atoms with Gasteiger partial charge in [-0.3, -0.25) is 0 Å². The van der Waals surface area contributed by atoms with Crippen molar-refractivity contribution in [3.8, 4) is 0 Å². The average molecular weight is 245 g/mol. The lowest BCUT2D eigenvalue weighted by Crippen LogP contribution is -2.26. The van der Waals surface area contributed by atoms with Crippen LogP contribution in [-0.4, -0.2) is 13.1 Å². The number of hydrogen-bond donors (Lipinski definition) is 2. The van der Waals surface area contributed by atoms with Crippen LogP contribution in [0.4, 0.5) is 5.88 Å². The van der Waals surface area contributed by atoms with E-state index in [4.69, 9.17) is 10.2 Å². The zero-order valence-electron chi connectivity index (χ0n) is 7.35. The Hall–Kier alpha value is -0.480. The fourth-order valence-electron chi connectivity index (χ4n) is 1.76. The normalized spacial score (nSPS) is 19.2. The summed E-state index contributed by atoms with van der Waals surface area (Å²) in [5, 5.41) is 3.32. The molecule has 72 valence electrons. The molecule has 0 bridgehead atoms. The minimum atomic E-state index is 0.500. The summed E-state index contributed by atoms with van der Waals surface area (Å²) in [5.74, 6) is 2.03. The van der Waals surface area contributed by atoms with Crippen molar-refractivity contribution in [3.05, 3.63) is 16.3 Å². The van der Waals surface area contributed by atoms with Crippen molar-refractivity contribution in [2.24, 2.45) is 0 Å². The SMILES string of the molecule is Nc1cc(Br)c(C2CCNCC2)o1. The van der Waals surface area contributed by atoms with Crippen LogP contribution in [0.3, 0.4) is 0 Å². The number of nitrogens with one attached hydrogen (secondary N) is 1. The first-order valence-corrected chi connectivity index (χ1v) is 5.32. The third-order valence-corrected chi connectivity index (χ3v) is 3.06. The molecule has 0 atom stereocenters. The van der Waals surface area contributed by atoms with Crippen molar-refractivity contribution in [2.75, 3.05) is 18.8 Å². The van der Waals surface area contributed by atoms with E-state index in [0.717, 1.165) is 36.2 Å². The van der Waals surface area contributed by atoms with Gasteiger partial charge in [0.15, 0.2) is 5.88 Å². The number of piperidine rings is 1. The van der Waals surface area contributed by atoms with Crippen molar-refractivity contribution in [2.45, 2.75) is 18.8 Å². The number of rotatable bonds is 1. The summed E-state index contributed by atoms with van der Waals surface area (Å²) < 4.78 is 6.47. The molecule has 1 aromatic heterocycles. The van der Waals surface area contributed by atoms with Crippen LogP contribution in [0.1, 0.15) is 24.5 Å². The molecule has 1 aliphatic rings. The van der Waals surface area contributed by atoms with Gasteiger partial charge in [-0.05, 0) is 41.9 Å².